The van der Waals surface area contributed by atoms with E-state index < -0.39 is 0 Å². The fourth-order valence-corrected chi connectivity index (χ4v) is 3.36. The molecule has 8 heteroatoms. The maximum Gasteiger partial charge on any atom is 0.172 e. The Balaban J connectivity index is 1.93. The molecule has 0 aliphatic carbocycles. The van der Waals surface area contributed by atoms with Gasteiger partial charge in [0.15, 0.2) is 17.3 Å². The Morgan fingerprint density at radius 3 is 2.60 bits per heavy atom. The second-order valence-electron chi connectivity index (χ2n) is 7.07. The Kier molecular flexibility index (Phi) is 7.75. The number of nitrogens with two attached hydrogens (primary N) is 1. The monoisotopic (exact) mass is 410 g/mol. The highest BCUT2D eigenvalue weighted by molar-refractivity contribution is 5.45. The van der Waals surface area contributed by atoms with Crippen LogP contribution in [-0.2, 0) is 19.6 Å². The van der Waals surface area contributed by atoms with Crippen LogP contribution in [0.25, 0.3) is 0 Å². The van der Waals surface area contributed by atoms with Crippen LogP contribution in [0.15, 0.2) is 42.5 Å². The van der Waals surface area contributed by atoms with Gasteiger partial charge in [-0.1, -0.05) is 43.7 Å². The zero-order valence-corrected chi connectivity index (χ0v) is 17.8. The van der Waals surface area contributed by atoms with Crippen molar-refractivity contribution in [3.8, 4) is 11.5 Å². The Hall–Kier alpha value is -2.97. The summed E-state index contributed by atoms with van der Waals surface area (Å²) in [4.78, 5) is 0. The largest absolute Gasteiger partial charge is 0.493 e. The number of aryl methyl sites for hydroxylation is 1. The minimum atomic E-state index is -0.210. The van der Waals surface area contributed by atoms with Crippen LogP contribution in [0.2, 0.25) is 0 Å². The molecule has 1 unspecified atom stereocenters. The van der Waals surface area contributed by atoms with Crippen LogP contribution in [0, 0.1) is 0 Å². The van der Waals surface area contributed by atoms with Gasteiger partial charge < -0.3 is 15.2 Å². The lowest BCUT2D eigenvalue weighted by atomic mass is 10.0. The number of hydrogen-bond donors (Lipinski definition) is 2. The van der Waals surface area contributed by atoms with Crippen LogP contribution >= 0.6 is 0 Å². The number of benzene rings is 2. The normalized spacial score (nSPS) is 12.0. The van der Waals surface area contributed by atoms with Crippen molar-refractivity contribution < 1.29 is 9.47 Å². The molecule has 1 atom stereocenters. The van der Waals surface area contributed by atoms with Gasteiger partial charge >= 0.3 is 0 Å². The van der Waals surface area contributed by atoms with Crippen molar-refractivity contribution in [1.29, 1.82) is 0 Å². The van der Waals surface area contributed by atoms with Gasteiger partial charge in [-0.2, -0.15) is 0 Å². The fraction of sp³-hybridized carbons (Fsp3) is 0.409. The molecule has 0 radical (unpaired) electrons. The summed E-state index contributed by atoms with van der Waals surface area (Å²) in [6.45, 7) is 4.08. The molecule has 1 aromatic heterocycles. The first kappa shape index (κ1) is 21.7. The van der Waals surface area contributed by atoms with Gasteiger partial charge in [-0.05, 0) is 45.7 Å². The molecule has 0 amide bonds. The summed E-state index contributed by atoms with van der Waals surface area (Å²) < 4.78 is 12.8. The molecule has 3 rings (SSSR count). The van der Waals surface area contributed by atoms with Gasteiger partial charge in [-0.25, -0.2) is 4.68 Å². The zero-order valence-electron chi connectivity index (χ0n) is 17.8. The minimum Gasteiger partial charge on any atom is -0.493 e. The maximum absolute atomic E-state index is 5.79. The van der Waals surface area contributed by atoms with E-state index in [2.05, 4.69) is 39.9 Å². The van der Waals surface area contributed by atoms with E-state index in [0.717, 1.165) is 41.9 Å². The number of rotatable bonds is 11. The molecular formula is C22H30N6O2. The second kappa shape index (κ2) is 10.7. The fourth-order valence-electron chi connectivity index (χ4n) is 3.36. The molecule has 0 aliphatic rings. The van der Waals surface area contributed by atoms with E-state index in [-0.39, 0.29) is 6.04 Å². The molecule has 30 heavy (non-hydrogen) atoms. The van der Waals surface area contributed by atoms with Gasteiger partial charge in [-0.3, -0.25) is 5.32 Å². The predicted molar refractivity (Wildman–Crippen MR) is 115 cm³/mol. The third kappa shape index (κ3) is 5.14. The van der Waals surface area contributed by atoms with Gasteiger partial charge in [0.25, 0.3) is 0 Å². The predicted octanol–water partition coefficient (Wildman–Crippen LogP) is 2.83. The maximum atomic E-state index is 5.79. The Morgan fingerprint density at radius 1 is 1.07 bits per heavy atom. The lowest BCUT2D eigenvalue weighted by molar-refractivity contribution is 0.354. The minimum absolute atomic E-state index is 0.210. The molecule has 0 aliphatic heterocycles. The first-order valence-electron chi connectivity index (χ1n) is 10.2. The molecule has 0 bridgehead atoms. The molecule has 2 aromatic carbocycles. The van der Waals surface area contributed by atoms with Crippen molar-refractivity contribution in [2.75, 3.05) is 14.2 Å². The van der Waals surface area contributed by atoms with Crippen molar-refractivity contribution in [1.82, 2.24) is 25.5 Å². The van der Waals surface area contributed by atoms with Crippen LogP contribution in [0.3, 0.4) is 0 Å². The van der Waals surface area contributed by atoms with Crippen LogP contribution < -0.4 is 20.5 Å². The topological polar surface area (TPSA) is 100 Å². The molecule has 1 heterocycles. The molecule has 8 nitrogen and oxygen atoms in total. The summed E-state index contributed by atoms with van der Waals surface area (Å²) in [5.74, 6) is 2.12. The van der Waals surface area contributed by atoms with Crippen molar-refractivity contribution >= 4 is 0 Å². The summed E-state index contributed by atoms with van der Waals surface area (Å²) in [5.41, 5.74) is 9.04. The summed E-state index contributed by atoms with van der Waals surface area (Å²) in [7, 11) is 3.26. The van der Waals surface area contributed by atoms with Gasteiger partial charge in [0.2, 0.25) is 0 Å². The quantitative estimate of drug-likeness (QED) is 0.501. The van der Waals surface area contributed by atoms with Crippen molar-refractivity contribution in [2.45, 2.75) is 45.4 Å². The molecule has 3 N–H and O–H groups in total. The third-order valence-electron chi connectivity index (χ3n) is 5.02. The Labute approximate surface area is 177 Å². The highest BCUT2D eigenvalue weighted by Gasteiger charge is 2.22. The number of aromatic nitrogens is 4. The standard InChI is InChI=1S/C22H30N6O2/c1-4-5-11-28-22(25-26-27-28)21(18-9-10-19(29-2)20(13-18)30-3)24-15-17-8-6-7-16(12-17)14-23/h6-10,12-13,21,24H,4-5,11,14-15,23H2,1-3H3. The van der Waals surface area contributed by atoms with E-state index in [0.29, 0.717) is 24.6 Å². The van der Waals surface area contributed by atoms with Crippen LogP contribution in [0.5, 0.6) is 11.5 Å². The highest BCUT2D eigenvalue weighted by atomic mass is 16.5. The van der Waals surface area contributed by atoms with Crippen molar-refractivity contribution in [2.24, 2.45) is 5.73 Å². The molecule has 0 fully saturated rings. The van der Waals surface area contributed by atoms with Crippen LogP contribution in [0.4, 0.5) is 0 Å². The van der Waals surface area contributed by atoms with E-state index in [1.165, 1.54) is 0 Å². The molecular weight excluding hydrogens is 380 g/mol. The first-order valence-corrected chi connectivity index (χ1v) is 10.2. The zero-order chi connectivity index (χ0) is 21.3. The van der Waals surface area contributed by atoms with E-state index in [1.54, 1.807) is 14.2 Å². The summed E-state index contributed by atoms with van der Waals surface area (Å²) in [5, 5.41) is 16.1. The average molecular weight is 411 g/mol. The number of nitrogens with one attached hydrogen (secondary N) is 1. The second-order valence-corrected chi connectivity index (χ2v) is 7.07. The van der Waals surface area contributed by atoms with Gasteiger partial charge in [0.05, 0.1) is 20.3 Å². The smallest absolute Gasteiger partial charge is 0.172 e. The highest BCUT2D eigenvalue weighted by Crippen LogP contribution is 2.32. The first-order chi connectivity index (χ1) is 14.7. The molecule has 160 valence electrons. The number of ether oxygens (including phenoxy) is 2. The lowest BCUT2D eigenvalue weighted by Crippen LogP contribution is -2.26. The molecule has 0 spiro atoms. The van der Waals surface area contributed by atoms with Crippen LogP contribution in [-0.4, -0.2) is 34.4 Å². The van der Waals surface area contributed by atoms with Crippen LogP contribution in [0.1, 0.15) is 48.3 Å². The molecule has 3 aromatic rings. The molecule has 0 saturated heterocycles. The van der Waals surface area contributed by atoms with E-state index in [4.69, 9.17) is 15.2 Å². The number of hydrogen-bond acceptors (Lipinski definition) is 7. The van der Waals surface area contributed by atoms with Gasteiger partial charge in [0, 0.05) is 19.6 Å². The number of methoxy groups -OCH3 is 2. The molecule has 0 saturated carbocycles. The Bertz CT molecular complexity index is 943. The van der Waals surface area contributed by atoms with E-state index in [9.17, 15) is 0 Å². The van der Waals surface area contributed by atoms with E-state index in [1.807, 2.05) is 35.0 Å². The summed E-state index contributed by atoms with van der Waals surface area (Å²) >= 11 is 0. The Morgan fingerprint density at radius 2 is 1.87 bits per heavy atom. The number of tetrazole rings is 1. The SMILES string of the molecule is CCCCn1nnnc1C(NCc1cccc(CN)c1)c1ccc(OC)c(OC)c1. The average Bonchev–Trinajstić information content (AvgIpc) is 3.26. The van der Waals surface area contributed by atoms with Crippen molar-refractivity contribution in [3.63, 3.8) is 0 Å². The third-order valence-corrected chi connectivity index (χ3v) is 5.02. The lowest BCUT2D eigenvalue weighted by Gasteiger charge is -2.20. The summed E-state index contributed by atoms with van der Waals surface area (Å²) in [6, 6.07) is 13.9. The van der Waals surface area contributed by atoms with Gasteiger partial charge in [-0.15, -0.1) is 5.10 Å². The van der Waals surface area contributed by atoms with Gasteiger partial charge in [0.1, 0.15) is 0 Å². The number of unbranched alkanes of at least 4 members (excludes halogenated alkanes) is 1. The summed E-state index contributed by atoms with van der Waals surface area (Å²) in [6.07, 6.45) is 2.08. The number of nitrogens with zero attached hydrogens (tertiary/aromatic N) is 4. The van der Waals surface area contributed by atoms with E-state index >= 15 is 0 Å². The van der Waals surface area contributed by atoms with Crippen molar-refractivity contribution in [3.05, 3.63) is 65.0 Å².